The number of nitrogens with one attached hydrogen (secondary N) is 2. The Morgan fingerprint density at radius 3 is 3.00 bits per heavy atom. The van der Waals surface area contributed by atoms with E-state index in [9.17, 15) is 4.79 Å². The largest absolute Gasteiger partial charge is 0.340 e. The van der Waals surface area contributed by atoms with E-state index in [1.54, 1.807) is 11.3 Å². The van der Waals surface area contributed by atoms with Gasteiger partial charge in [-0.15, -0.1) is 11.3 Å². The molecule has 1 fully saturated rings. The molecule has 0 bridgehead atoms. The molecule has 0 aromatic carbocycles. The van der Waals surface area contributed by atoms with Crippen molar-refractivity contribution in [2.24, 2.45) is 4.99 Å². The summed E-state index contributed by atoms with van der Waals surface area (Å²) < 4.78 is 0. The van der Waals surface area contributed by atoms with Crippen LogP contribution in [0.25, 0.3) is 0 Å². The number of hydrogen-bond donors (Lipinski definition) is 2. The lowest BCUT2D eigenvalue weighted by atomic mass is 10.2. The number of hydrogen-bond acceptors (Lipinski definition) is 3. The van der Waals surface area contributed by atoms with Crippen molar-refractivity contribution in [1.29, 1.82) is 0 Å². The summed E-state index contributed by atoms with van der Waals surface area (Å²) in [5.74, 6) is 0.588. The van der Waals surface area contributed by atoms with Gasteiger partial charge in [-0.3, -0.25) is 15.1 Å². The maximum atomic E-state index is 11.8. The first-order valence-corrected chi connectivity index (χ1v) is 6.26. The normalized spacial score (nSPS) is 22.2. The van der Waals surface area contributed by atoms with Gasteiger partial charge in [-0.1, -0.05) is 6.92 Å². The van der Waals surface area contributed by atoms with Gasteiger partial charge in [-0.2, -0.15) is 0 Å². The maximum Gasteiger partial charge on any atom is 0.254 e. The molecule has 1 aromatic heterocycles. The maximum absolute atomic E-state index is 11.8. The average molecular weight is 237 g/mol. The summed E-state index contributed by atoms with van der Waals surface area (Å²) in [5.41, 5.74) is 1.15. The molecule has 2 heterocycles. The summed E-state index contributed by atoms with van der Waals surface area (Å²) >= 11 is 1.60. The lowest BCUT2D eigenvalue weighted by Crippen LogP contribution is -2.25. The molecule has 1 atom stereocenters. The topological polar surface area (TPSA) is 53.5 Å². The van der Waals surface area contributed by atoms with Gasteiger partial charge >= 0.3 is 0 Å². The predicted molar refractivity (Wildman–Crippen MR) is 65.7 cm³/mol. The van der Waals surface area contributed by atoms with Gasteiger partial charge in [-0.05, 0) is 30.4 Å². The van der Waals surface area contributed by atoms with Crippen LogP contribution in [0.2, 0.25) is 0 Å². The predicted octanol–water partition coefficient (Wildman–Crippen LogP) is 1.58. The van der Waals surface area contributed by atoms with Crippen LogP contribution in [-0.2, 0) is 4.79 Å². The van der Waals surface area contributed by atoms with Crippen molar-refractivity contribution in [2.45, 2.75) is 26.3 Å². The zero-order valence-corrected chi connectivity index (χ0v) is 10.2. The zero-order chi connectivity index (χ0) is 11.5. The molecular weight excluding hydrogens is 222 g/mol. The minimum absolute atomic E-state index is 0.0135. The molecule has 2 rings (SSSR count). The molecule has 1 amide bonds. The van der Waals surface area contributed by atoms with Gasteiger partial charge in [0.05, 0.1) is 0 Å². The number of thiophene rings is 1. The summed E-state index contributed by atoms with van der Waals surface area (Å²) in [6.45, 7) is 4.81. The number of guanidine groups is 1. The molecule has 1 unspecified atom stereocenters. The van der Waals surface area contributed by atoms with Crippen LogP contribution in [0.15, 0.2) is 16.4 Å². The van der Waals surface area contributed by atoms with Gasteiger partial charge in [-0.25, -0.2) is 0 Å². The molecule has 1 aliphatic rings. The number of amides is 1. The summed E-state index contributed by atoms with van der Waals surface area (Å²) in [5, 5.41) is 7.88. The first kappa shape index (κ1) is 11.1. The van der Waals surface area contributed by atoms with E-state index in [0.29, 0.717) is 5.96 Å². The van der Waals surface area contributed by atoms with Gasteiger partial charge in [0, 0.05) is 11.4 Å². The highest BCUT2D eigenvalue weighted by molar-refractivity contribution is 7.10. The van der Waals surface area contributed by atoms with E-state index >= 15 is 0 Å². The third kappa shape index (κ3) is 2.09. The molecule has 5 heteroatoms. The van der Waals surface area contributed by atoms with E-state index in [2.05, 4.69) is 22.5 Å². The number of aryl methyl sites for hydroxylation is 1. The SMILES string of the molecule is CCCN=C1NC(=O)C(c2sccc2C)N1. The van der Waals surface area contributed by atoms with Crippen LogP contribution in [0.4, 0.5) is 0 Å². The molecular formula is C11H15N3OS. The van der Waals surface area contributed by atoms with Gasteiger partial charge in [0.25, 0.3) is 5.91 Å². The molecule has 1 aromatic rings. The fourth-order valence-corrected chi connectivity index (χ4v) is 2.58. The molecule has 2 N–H and O–H groups in total. The minimum atomic E-state index is -0.268. The van der Waals surface area contributed by atoms with Crippen molar-refractivity contribution in [3.8, 4) is 0 Å². The van der Waals surface area contributed by atoms with Crippen molar-refractivity contribution >= 4 is 23.2 Å². The third-order valence-electron chi connectivity index (χ3n) is 2.44. The first-order chi connectivity index (χ1) is 7.72. The highest BCUT2D eigenvalue weighted by atomic mass is 32.1. The molecule has 1 saturated heterocycles. The van der Waals surface area contributed by atoms with Gasteiger partial charge in [0.1, 0.15) is 6.04 Å². The van der Waals surface area contributed by atoms with E-state index in [-0.39, 0.29) is 11.9 Å². The van der Waals surface area contributed by atoms with Crippen molar-refractivity contribution in [3.05, 3.63) is 21.9 Å². The second-order valence-corrected chi connectivity index (χ2v) is 4.71. The van der Waals surface area contributed by atoms with Gasteiger partial charge < -0.3 is 5.32 Å². The highest BCUT2D eigenvalue weighted by Crippen LogP contribution is 2.25. The van der Waals surface area contributed by atoms with Crippen molar-refractivity contribution in [2.75, 3.05) is 6.54 Å². The Balaban J connectivity index is 2.14. The Hall–Kier alpha value is -1.36. The second kappa shape index (κ2) is 4.65. The average Bonchev–Trinajstić information content (AvgIpc) is 2.82. The van der Waals surface area contributed by atoms with Crippen LogP contribution < -0.4 is 10.6 Å². The summed E-state index contributed by atoms with van der Waals surface area (Å²) in [6, 6.07) is 1.76. The summed E-state index contributed by atoms with van der Waals surface area (Å²) in [6.07, 6.45) is 0.976. The number of carbonyl (C=O) groups is 1. The first-order valence-electron chi connectivity index (χ1n) is 5.38. The molecule has 0 spiro atoms. The Labute approximate surface area is 98.8 Å². The van der Waals surface area contributed by atoms with E-state index in [0.717, 1.165) is 23.4 Å². The Morgan fingerprint density at radius 2 is 2.38 bits per heavy atom. The van der Waals surface area contributed by atoms with Crippen LogP contribution in [0, 0.1) is 6.92 Å². The lowest BCUT2D eigenvalue weighted by Gasteiger charge is -2.06. The van der Waals surface area contributed by atoms with Crippen molar-refractivity contribution < 1.29 is 4.79 Å². The summed E-state index contributed by atoms with van der Waals surface area (Å²) in [4.78, 5) is 17.1. The quantitative estimate of drug-likeness (QED) is 0.838. The van der Waals surface area contributed by atoms with Crippen molar-refractivity contribution in [1.82, 2.24) is 10.6 Å². The molecule has 86 valence electrons. The van der Waals surface area contributed by atoms with Crippen LogP contribution in [-0.4, -0.2) is 18.4 Å². The molecule has 4 nitrogen and oxygen atoms in total. The van der Waals surface area contributed by atoms with Gasteiger partial charge in [0.2, 0.25) is 0 Å². The van der Waals surface area contributed by atoms with Crippen LogP contribution >= 0.6 is 11.3 Å². The molecule has 1 aliphatic heterocycles. The Bertz CT molecular complexity index is 425. The van der Waals surface area contributed by atoms with E-state index < -0.39 is 0 Å². The standard InChI is InChI=1S/C11H15N3OS/c1-3-5-12-11-13-8(10(15)14-11)9-7(2)4-6-16-9/h4,6,8H,3,5H2,1-2H3,(H2,12,13,14,15). The second-order valence-electron chi connectivity index (χ2n) is 3.76. The number of rotatable bonds is 3. The van der Waals surface area contributed by atoms with E-state index in [1.165, 1.54) is 0 Å². The smallest absolute Gasteiger partial charge is 0.254 e. The third-order valence-corrected chi connectivity index (χ3v) is 3.53. The zero-order valence-electron chi connectivity index (χ0n) is 9.41. The number of aliphatic imine (C=N–C) groups is 1. The fraction of sp³-hybridized carbons (Fsp3) is 0.455. The Kier molecular flexibility index (Phi) is 3.24. The molecule has 0 saturated carbocycles. The Morgan fingerprint density at radius 1 is 1.56 bits per heavy atom. The monoisotopic (exact) mass is 237 g/mol. The molecule has 16 heavy (non-hydrogen) atoms. The molecule has 0 radical (unpaired) electrons. The number of nitrogens with zero attached hydrogens (tertiary/aromatic N) is 1. The van der Waals surface area contributed by atoms with Gasteiger partial charge in [0.15, 0.2) is 5.96 Å². The van der Waals surface area contributed by atoms with Crippen molar-refractivity contribution in [3.63, 3.8) is 0 Å². The van der Waals surface area contributed by atoms with E-state index in [1.807, 2.05) is 18.4 Å². The van der Waals surface area contributed by atoms with Crippen LogP contribution in [0.5, 0.6) is 0 Å². The van der Waals surface area contributed by atoms with Crippen LogP contribution in [0.1, 0.15) is 29.8 Å². The minimum Gasteiger partial charge on any atom is -0.340 e. The lowest BCUT2D eigenvalue weighted by molar-refractivity contribution is -0.120. The summed E-state index contributed by atoms with van der Waals surface area (Å²) in [7, 11) is 0. The highest BCUT2D eigenvalue weighted by Gasteiger charge is 2.31. The number of carbonyl (C=O) groups excluding carboxylic acids is 1. The molecule has 0 aliphatic carbocycles. The fourth-order valence-electron chi connectivity index (χ4n) is 1.60. The van der Waals surface area contributed by atoms with Crippen LogP contribution in [0.3, 0.4) is 0 Å². The van der Waals surface area contributed by atoms with E-state index in [4.69, 9.17) is 0 Å².